The van der Waals surface area contributed by atoms with Gasteiger partial charge in [-0.1, -0.05) is 91.5 Å². The molecule has 7 heteroatoms. The van der Waals surface area contributed by atoms with E-state index in [9.17, 15) is 14.7 Å². The predicted molar refractivity (Wildman–Crippen MR) is 158 cm³/mol. The fourth-order valence-electron chi connectivity index (χ4n) is 4.61. The number of aromatic nitrogens is 1. The maximum absolute atomic E-state index is 13.1. The van der Waals surface area contributed by atoms with Gasteiger partial charge in [-0.15, -0.1) is 0 Å². The fraction of sp³-hybridized carbons (Fsp3) is 0.242. The maximum atomic E-state index is 13.1. The number of hydrogen-bond donors (Lipinski definition) is 1. The Labute approximate surface area is 239 Å². The number of amides is 1. The highest BCUT2D eigenvalue weighted by molar-refractivity contribution is 8.01. The lowest BCUT2D eigenvalue weighted by Crippen LogP contribution is -2.38. The summed E-state index contributed by atoms with van der Waals surface area (Å²) in [6.45, 7) is 2.48. The molecule has 6 nitrogen and oxygen atoms in total. The van der Waals surface area contributed by atoms with Crippen molar-refractivity contribution in [3.8, 4) is 16.9 Å². The quantitative estimate of drug-likeness (QED) is 0.245. The van der Waals surface area contributed by atoms with Crippen molar-refractivity contribution in [1.29, 1.82) is 0 Å². The number of aryl methyl sites for hydroxylation is 1. The van der Waals surface area contributed by atoms with Gasteiger partial charge in [0.05, 0.1) is 18.4 Å². The largest absolute Gasteiger partial charge is 0.493 e. The molecule has 3 aromatic carbocycles. The molecule has 0 spiro atoms. The SMILES string of the molecule is CCc1ccc(CCOc2ccc(CC3SC(O)N(CC(=O)c4ccc(-c5ccccc5)cc4)C3=O)cc2)nc1. The Morgan fingerprint density at radius 3 is 2.30 bits per heavy atom. The molecule has 1 fully saturated rings. The van der Waals surface area contributed by atoms with Crippen molar-refractivity contribution >= 4 is 23.5 Å². The summed E-state index contributed by atoms with van der Waals surface area (Å²) in [6.07, 6.45) is 4.07. The molecule has 0 saturated carbocycles. The van der Waals surface area contributed by atoms with Crippen LogP contribution in [-0.2, 0) is 24.1 Å². The van der Waals surface area contributed by atoms with E-state index in [0.29, 0.717) is 18.6 Å². The van der Waals surface area contributed by atoms with E-state index in [2.05, 4.69) is 18.0 Å². The second kappa shape index (κ2) is 12.9. The van der Waals surface area contributed by atoms with Crippen LogP contribution in [0.3, 0.4) is 0 Å². The molecule has 5 rings (SSSR count). The van der Waals surface area contributed by atoms with E-state index < -0.39 is 10.8 Å². The van der Waals surface area contributed by atoms with E-state index >= 15 is 0 Å². The van der Waals surface area contributed by atoms with Gasteiger partial charge < -0.3 is 9.84 Å². The number of thioether (sulfide) groups is 1. The van der Waals surface area contributed by atoms with E-state index in [1.54, 1.807) is 12.1 Å². The van der Waals surface area contributed by atoms with E-state index in [1.807, 2.05) is 79.0 Å². The molecule has 204 valence electrons. The van der Waals surface area contributed by atoms with E-state index in [-0.39, 0.29) is 18.2 Å². The zero-order valence-corrected chi connectivity index (χ0v) is 23.2. The number of carbonyl (C=O) groups is 2. The van der Waals surface area contributed by atoms with Crippen LogP contribution in [0.4, 0.5) is 0 Å². The van der Waals surface area contributed by atoms with Crippen LogP contribution in [0.25, 0.3) is 11.1 Å². The molecule has 4 aromatic rings. The molecule has 0 radical (unpaired) electrons. The molecule has 2 atom stereocenters. The first kappa shape index (κ1) is 27.6. The number of aliphatic hydroxyl groups is 1. The van der Waals surface area contributed by atoms with Crippen LogP contribution < -0.4 is 4.74 Å². The molecule has 2 unspecified atom stereocenters. The van der Waals surface area contributed by atoms with Gasteiger partial charge in [-0.3, -0.25) is 19.5 Å². The minimum Gasteiger partial charge on any atom is -0.493 e. The first-order valence-electron chi connectivity index (χ1n) is 13.5. The number of aliphatic hydroxyl groups excluding tert-OH is 1. The summed E-state index contributed by atoms with van der Waals surface area (Å²) < 4.78 is 5.87. The van der Waals surface area contributed by atoms with Gasteiger partial charge in [0.2, 0.25) is 5.91 Å². The fourth-order valence-corrected chi connectivity index (χ4v) is 5.77. The summed E-state index contributed by atoms with van der Waals surface area (Å²) in [5.41, 5.74) is 4.73. The van der Waals surface area contributed by atoms with Crippen LogP contribution in [0.2, 0.25) is 0 Å². The Kier molecular flexibility index (Phi) is 8.94. The number of ketones is 1. The van der Waals surface area contributed by atoms with Gasteiger partial charge in [0.25, 0.3) is 0 Å². The van der Waals surface area contributed by atoms with Crippen LogP contribution in [0.15, 0.2) is 97.2 Å². The third kappa shape index (κ3) is 6.79. The Hall–Kier alpha value is -3.94. The molecule has 0 aliphatic carbocycles. The van der Waals surface area contributed by atoms with Gasteiger partial charge in [0, 0.05) is 23.9 Å². The van der Waals surface area contributed by atoms with Crippen molar-refractivity contribution in [3.63, 3.8) is 0 Å². The lowest BCUT2D eigenvalue weighted by atomic mass is 10.0. The number of rotatable bonds is 11. The van der Waals surface area contributed by atoms with Gasteiger partial charge in [-0.05, 0) is 53.3 Å². The van der Waals surface area contributed by atoms with Crippen LogP contribution in [0, 0.1) is 0 Å². The van der Waals surface area contributed by atoms with Crippen molar-refractivity contribution in [2.45, 2.75) is 37.0 Å². The molecule has 1 aliphatic rings. The zero-order chi connectivity index (χ0) is 27.9. The number of nitrogens with zero attached hydrogens (tertiary/aromatic N) is 2. The molecule has 0 bridgehead atoms. The second-order valence-corrected chi connectivity index (χ2v) is 11.0. The first-order chi connectivity index (χ1) is 19.5. The molecular formula is C33H32N2O4S. The highest BCUT2D eigenvalue weighted by Gasteiger charge is 2.40. The average Bonchev–Trinajstić information content (AvgIpc) is 3.26. The maximum Gasteiger partial charge on any atom is 0.239 e. The molecule has 1 N–H and O–H groups in total. The molecule has 1 aliphatic heterocycles. The first-order valence-corrected chi connectivity index (χ1v) is 14.4. The highest BCUT2D eigenvalue weighted by atomic mass is 32.2. The molecular weight excluding hydrogens is 520 g/mol. The highest BCUT2D eigenvalue weighted by Crippen LogP contribution is 2.32. The van der Waals surface area contributed by atoms with Crippen molar-refractivity contribution in [2.24, 2.45) is 0 Å². The number of hydrogen-bond acceptors (Lipinski definition) is 6. The number of carbonyl (C=O) groups excluding carboxylic acids is 2. The number of benzene rings is 3. The van der Waals surface area contributed by atoms with Crippen molar-refractivity contribution in [1.82, 2.24) is 9.88 Å². The van der Waals surface area contributed by atoms with Crippen LogP contribution in [-0.4, -0.2) is 50.6 Å². The van der Waals surface area contributed by atoms with Crippen LogP contribution in [0.1, 0.15) is 34.1 Å². The van der Waals surface area contributed by atoms with Crippen molar-refractivity contribution in [2.75, 3.05) is 13.2 Å². The summed E-state index contributed by atoms with van der Waals surface area (Å²) in [6, 6.07) is 29.0. The lowest BCUT2D eigenvalue weighted by molar-refractivity contribution is -0.133. The Morgan fingerprint density at radius 1 is 0.925 bits per heavy atom. The van der Waals surface area contributed by atoms with Gasteiger partial charge in [-0.2, -0.15) is 0 Å². The van der Waals surface area contributed by atoms with E-state index in [0.717, 1.165) is 41.0 Å². The number of Topliss-reactive ketones (excluding diaryl/α,β-unsaturated/α-hetero) is 1. The van der Waals surface area contributed by atoms with Gasteiger partial charge in [0.1, 0.15) is 5.75 Å². The minimum absolute atomic E-state index is 0.156. The standard InChI is InChI=1S/C33H32N2O4S/c1-2-23-8-15-28(34-21-23)18-19-39-29-16-9-24(10-17-29)20-31-32(37)35(33(38)40-31)22-30(36)27-13-11-26(12-14-27)25-6-4-3-5-7-25/h3-17,21,31,33,38H,2,18-20,22H2,1H3. The van der Waals surface area contributed by atoms with Gasteiger partial charge in [-0.25, -0.2) is 0 Å². The van der Waals surface area contributed by atoms with Gasteiger partial charge in [0.15, 0.2) is 11.3 Å². The second-order valence-electron chi connectivity index (χ2n) is 9.74. The molecule has 1 amide bonds. The summed E-state index contributed by atoms with van der Waals surface area (Å²) in [4.78, 5) is 31.7. The Morgan fingerprint density at radius 2 is 1.62 bits per heavy atom. The smallest absolute Gasteiger partial charge is 0.239 e. The Balaban J connectivity index is 1.11. The van der Waals surface area contributed by atoms with E-state index in [1.165, 1.54) is 22.2 Å². The summed E-state index contributed by atoms with van der Waals surface area (Å²) in [5.74, 6) is 0.324. The van der Waals surface area contributed by atoms with E-state index in [4.69, 9.17) is 4.74 Å². The number of ether oxygens (including phenoxy) is 1. The monoisotopic (exact) mass is 552 g/mol. The topological polar surface area (TPSA) is 79.7 Å². The summed E-state index contributed by atoms with van der Waals surface area (Å²) in [5, 5.41) is 10.1. The third-order valence-corrected chi connectivity index (χ3v) is 8.20. The molecule has 1 aromatic heterocycles. The van der Waals surface area contributed by atoms with Crippen molar-refractivity contribution < 1.29 is 19.4 Å². The molecule has 1 saturated heterocycles. The van der Waals surface area contributed by atoms with Crippen LogP contribution in [0.5, 0.6) is 5.75 Å². The third-order valence-electron chi connectivity index (χ3n) is 7.00. The predicted octanol–water partition coefficient (Wildman–Crippen LogP) is 5.58. The van der Waals surface area contributed by atoms with Crippen molar-refractivity contribution in [3.05, 3.63) is 120 Å². The lowest BCUT2D eigenvalue weighted by Gasteiger charge is -2.18. The number of pyridine rings is 1. The molecule has 2 heterocycles. The average molecular weight is 553 g/mol. The summed E-state index contributed by atoms with van der Waals surface area (Å²) >= 11 is 1.17. The van der Waals surface area contributed by atoms with Gasteiger partial charge >= 0.3 is 0 Å². The Bertz CT molecular complexity index is 1420. The van der Waals surface area contributed by atoms with Crippen LogP contribution >= 0.6 is 11.8 Å². The summed E-state index contributed by atoms with van der Waals surface area (Å²) in [7, 11) is 0. The normalized spacial score (nSPS) is 16.8. The minimum atomic E-state index is -1.05. The molecule has 40 heavy (non-hydrogen) atoms. The zero-order valence-electron chi connectivity index (χ0n) is 22.4.